The summed E-state index contributed by atoms with van der Waals surface area (Å²) in [6.07, 6.45) is 0. The second-order valence-electron chi connectivity index (χ2n) is 4.91. The van der Waals surface area contributed by atoms with Gasteiger partial charge in [-0.15, -0.1) is 23.1 Å². The molecule has 1 heterocycles. The van der Waals surface area contributed by atoms with Gasteiger partial charge in [0.2, 0.25) is 5.75 Å². The Kier molecular flexibility index (Phi) is 5.25. The summed E-state index contributed by atoms with van der Waals surface area (Å²) in [6, 6.07) is 10.5. The molecule has 0 saturated carbocycles. The van der Waals surface area contributed by atoms with E-state index in [4.69, 9.17) is 4.74 Å². The highest BCUT2D eigenvalue weighted by molar-refractivity contribution is 7.99. The molecule has 3 rings (SSSR count). The number of thiazole rings is 1. The molecule has 0 aliphatic heterocycles. The molecule has 2 aromatic carbocycles. The largest absolute Gasteiger partial charge is 0.418 e. The molecule has 0 N–H and O–H groups in total. The van der Waals surface area contributed by atoms with Crippen molar-refractivity contribution in [1.82, 2.24) is 4.98 Å². The van der Waals surface area contributed by atoms with Crippen molar-refractivity contribution in [3.8, 4) is 5.75 Å². The van der Waals surface area contributed by atoms with Crippen molar-refractivity contribution >= 4 is 45.0 Å². The van der Waals surface area contributed by atoms with Gasteiger partial charge in [0.25, 0.3) is 0 Å². The number of aromatic nitrogens is 1. The predicted octanol–water partition coefficient (Wildman–Crippen LogP) is 4.18. The Hall–Kier alpha value is -2.52. The zero-order chi connectivity index (χ0) is 17.8. The number of halogens is 1. The first kappa shape index (κ1) is 17.3. The molecule has 0 spiro atoms. The number of para-hydroxylation sites is 1. The smallest absolute Gasteiger partial charge is 0.321 e. The van der Waals surface area contributed by atoms with E-state index in [1.54, 1.807) is 0 Å². The third kappa shape index (κ3) is 4.31. The van der Waals surface area contributed by atoms with Crippen LogP contribution in [0, 0.1) is 15.9 Å². The molecule has 0 unspecified atom stereocenters. The van der Waals surface area contributed by atoms with Crippen LogP contribution >= 0.6 is 23.1 Å². The first-order valence-electron chi connectivity index (χ1n) is 7.10. The Morgan fingerprint density at radius 2 is 2.12 bits per heavy atom. The number of fused-ring (bicyclic) bond motifs is 1. The topological polar surface area (TPSA) is 82.3 Å². The Labute approximate surface area is 149 Å². The molecule has 3 aromatic rings. The fraction of sp³-hybridized carbons (Fsp3) is 0.125. The van der Waals surface area contributed by atoms with Gasteiger partial charge >= 0.3 is 11.7 Å². The second kappa shape index (κ2) is 7.58. The molecule has 128 valence electrons. The van der Waals surface area contributed by atoms with Crippen LogP contribution in [-0.4, -0.2) is 21.6 Å². The number of carbonyl (C=O) groups excluding carboxylic acids is 1. The van der Waals surface area contributed by atoms with Gasteiger partial charge in [-0.05, 0) is 18.2 Å². The van der Waals surface area contributed by atoms with Crippen LogP contribution in [0.25, 0.3) is 10.2 Å². The van der Waals surface area contributed by atoms with E-state index >= 15 is 0 Å². The quantitative estimate of drug-likeness (QED) is 0.277. The lowest BCUT2D eigenvalue weighted by Crippen LogP contribution is -2.12. The van der Waals surface area contributed by atoms with Crippen LogP contribution in [0.15, 0.2) is 42.5 Å². The first-order chi connectivity index (χ1) is 12.0. The zero-order valence-corrected chi connectivity index (χ0v) is 14.3. The van der Waals surface area contributed by atoms with Crippen molar-refractivity contribution in [2.24, 2.45) is 0 Å². The van der Waals surface area contributed by atoms with E-state index in [9.17, 15) is 19.3 Å². The lowest BCUT2D eigenvalue weighted by Gasteiger charge is -2.04. The zero-order valence-electron chi connectivity index (χ0n) is 12.7. The van der Waals surface area contributed by atoms with E-state index in [1.165, 1.54) is 23.1 Å². The maximum absolute atomic E-state index is 13.2. The minimum Gasteiger partial charge on any atom is -0.418 e. The number of ether oxygens (including phenoxy) is 1. The summed E-state index contributed by atoms with van der Waals surface area (Å²) < 4.78 is 19.2. The average Bonchev–Trinajstić information content (AvgIpc) is 2.97. The maximum Gasteiger partial charge on any atom is 0.321 e. The first-order valence-corrected chi connectivity index (χ1v) is 9.07. The maximum atomic E-state index is 13.2. The van der Waals surface area contributed by atoms with Crippen LogP contribution in [0.3, 0.4) is 0 Å². The SMILES string of the molecule is O=C(CSCc1nc2ccccc2s1)Oc1cc(F)ccc1[N+](=O)[O-]. The van der Waals surface area contributed by atoms with Gasteiger partial charge in [0.05, 0.1) is 20.9 Å². The fourth-order valence-electron chi connectivity index (χ4n) is 2.08. The van der Waals surface area contributed by atoms with Gasteiger partial charge < -0.3 is 4.74 Å². The number of nitro groups is 1. The van der Waals surface area contributed by atoms with Crippen molar-refractivity contribution in [3.63, 3.8) is 0 Å². The van der Waals surface area contributed by atoms with Crippen molar-refractivity contribution < 1.29 is 18.8 Å². The lowest BCUT2D eigenvalue weighted by atomic mass is 10.3. The van der Waals surface area contributed by atoms with Gasteiger partial charge in [-0.3, -0.25) is 14.9 Å². The van der Waals surface area contributed by atoms with E-state index in [0.717, 1.165) is 33.4 Å². The number of nitro benzene ring substituents is 1. The Bertz CT molecular complexity index is 912. The number of rotatable bonds is 6. The minimum absolute atomic E-state index is 0.0242. The molecule has 1 aromatic heterocycles. The molecule has 0 aliphatic carbocycles. The third-order valence-electron chi connectivity index (χ3n) is 3.13. The van der Waals surface area contributed by atoms with E-state index in [0.29, 0.717) is 5.75 Å². The standard InChI is InChI=1S/C16H11FN2O4S2/c17-10-5-6-12(19(21)22)13(7-10)23-16(20)9-24-8-15-18-11-3-1-2-4-14(11)25-15/h1-7H,8-9H2. The van der Waals surface area contributed by atoms with Crippen molar-refractivity contribution in [1.29, 1.82) is 0 Å². The number of hydrogen-bond acceptors (Lipinski definition) is 7. The van der Waals surface area contributed by atoms with E-state index in [-0.39, 0.29) is 5.75 Å². The van der Waals surface area contributed by atoms with Crippen LogP contribution < -0.4 is 4.74 Å². The highest BCUT2D eigenvalue weighted by atomic mass is 32.2. The summed E-state index contributed by atoms with van der Waals surface area (Å²) >= 11 is 2.82. The van der Waals surface area contributed by atoms with Gasteiger partial charge in [0.1, 0.15) is 10.8 Å². The Morgan fingerprint density at radius 3 is 2.88 bits per heavy atom. The molecule has 25 heavy (non-hydrogen) atoms. The number of thioether (sulfide) groups is 1. The van der Waals surface area contributed by atoms with Gasteiger partial charge in [-0.25, -0.2) is 9.37 Å². The highest BCUT2D eigenvalue weighted by Gasteiger charge is 2.19. The van der Waals surface area contributed by atoms with Gasteiger partial charge in [-0.1, -0.05) is 12.1 Å². The fourth-order valence-corrected chi connectivity index (χ4v) is 3.89. The van der Waals surface area contributed by atoms with Gasteiger partial charge in [0.15, 0.2) is 0 Å². The van der Waals surface area contributed by atoms with Crippen LogP contribution in [-0.2, 0) is 10.5 Å². The summed E-state index contributed by atoms with van der Waals surface area (Å²) in [5.74, 6) is -1.30. The third-order valence-corrected chi connectivity index (χ3v) is 5.26. The predicted molar refractivity (Wildman–Crippen MR) is 94.5 cm³/mol. The molecule has 0 aliphatic rings. The summed E-state index contributed by atoms with van der Waals surface area (Å²) in [4.78, 5) is 26.5. The van der Waals surface area contributed by atoms with Crippen molar-refractivity contribution in [3.05, 3.63) is 63.4 Å². The highest BCUT2D eigenvalue weighted by Crippen LogP contribution is 2.28. The number of hydrogen-bond donors (Lipinski definition) is 0. The van der Waals surface area contributed by atoms with Crippen molar-refractivity contribution in [2.75, 3.05) is 5.75 Å². The molecule has 0 radical (unpaired) electrons. The Balaban J connectivity index is 1.58. The Morgan fingerprint density at radius 1 is 1.32 bits per heavy atom. The van der Waals surface area contributed by atoms with Crippen LogP contribution in [0.4, 0.5) is 10.1 Å². The molecule has 0 amide bonds. The van der Waals surface area contributed by atoms with E-state index < -0.39 is 28.1 Å². The minimum atomic E-state index is -0.726. The monoisotopic (exact) mass is 378 g/mol. The van der Waals surface area contributed by atoms with Gasteiger partial charge in [0, 0.05) is 17.9 Å². The van der Waals surface area contributed by atoms with Crippen LogP contribution in [0.1, 0.15) is 5.01 Å². The summed E-state index contributed by atoms with van der Waals surface area (Å²) in [7, 11) is 0. The summed E-state index contributed by atoms with van der Waals surface area (Å²) in [5.41, 5.74) is 0.451. The van der Waals surface area contributed by atoms with Crippen LogP contribution in [0.2, 0.25) is 0 Å². The molecular weight excluding hydrogens is 367 g/mol. The van der Waals surface area contributed by atoms with Crippen LogP contribution in [0.5, 0.6) is 5.75 Å². The molecule has 0 atom stereocenters. The summed E-state index contributed by atoms with van der Waals surface area (Å²) in [6.45, 7) is 0. The number of carbonyl (C=O) groups is 1. The lowest BCUT2D eigenvalue weighted by molar-refractivity contribution is -0.385. The number of benzene rings is 2. The van der Waals surface area contributed by atoms with E-state index in [1.807, 2.05) is 24.3 Å². The molecule has 6 nitrogen and oxygen atoms in total. The normalized spacial score (nSPS) is 10.8. The van der Waals surface area contributed by atoms with E-state index in [2.05, 4.69) is 4.98 Å². The molecule has 0 saturated heterocycles. The average molecular weight is 378 g/mol. The second-order valence-corrected chi connectivity index (χ2v) is 7.01. The van der Waals surface area contributed by atoms with Crippen molar-refractivity contribution in [2.45, 2.75) is 5.75 Å². The number of esters is 1. The molecule has 9 heteroatoms. The molecule has 0 bridgehead atoms. The number of nitrogens with zero attached hydrogens (tertiary/aromatic N) is 2. The molecular formula is C16H11FN2O4S2. The summed E-state index contributed by atoms with van der Waals surface area (Å²) in [5, 5.41) is 11.7. The molecule has 0 fully saturated rings. The van der Waals surface area contributed by atoms with Gasteiger partial charge in [-0.2, -0.15) is 0 Å².